The van der Waals surface area contributed by atoms with Crippen molar-refractivity contribution in [1.29, 1.82) is 0 Å². The van der Waals surface area contributed by atoms with E-state index in [1.54, 1.807) is 19.1 Å². The van der Waals surface area contributed by atoms with Crippen molar-refractivity contribution in [2.75, 3.05) is 11.1 Å². The van der Waals surface area contributed by atoms with E-state index in [1.807, 2.05) is 6.07 Å². The first kappa shape index (κ1) is 20.1. The molecule has 1 aromatic carbocycles. The molecule has 3 N–H and O–H groups in total. The predicted octanol–water partition coefficient (Wildman–Crippen LogP) is 1.78. The minimum absolute atomic E-state index is 0.147. The molecule has 1 aliphatic heterocycles. The molecule has 1 aliphatic carbocycles. The smallest absolute Gasteiger partial charge is 0.332 e. The van der Waals surface area contributed by atoms with Gasteiger partial charge in [-0.1, -0.05) is 6.42 Å². The number of benzene rings is 1. The van der Waals surface area contributed by atoms with Crippen LogP contribution in [-0.4, -0.2) is 26.7 Å². The van der Waals surface area contributed by atoms with Crippen molar-refractivity contribution in [3.05, 3.63) is 44.6 Å². The summed E-state index contributed by atoms with van der Waals surface area (Å²) in [5.74, 6) is 0.115. The second kappa shape index (κ2) is 7.23. The number of nitrogen functional groups attached to an aromatic ring is 1. The lowest BCUT2D eigenvalue weighted by atomic mass is 9.94. The van der Waals surface area contributed by atoms with E-state index >= 15 is 0 Å². The van der Waals surface area contributed by atoms with E-state index in [4.69, 9.17) is 15.2 Å². The van der Waals surface area contributed by atoms with Gasteiger partial charge < -0.3 is 20.5 Å². The number of nitrogens with zero attached hydrogens (tertiary/aromatic N) is 2. The van der Waals surface area contributed by atoms with Crippen LogP contribution in [-0.2, 0) is 14.1 Å². The van der Waals surface area contributed by atoms with Crippen LogP contribution in [0.15, 0.2) is 27.8 Å². The molecule has 2 aliphatic rings. The molecule has 0 radical (unpaired) electrons. The molecule has 1 aromatic heterocycles. The Kier molecular flexibility index (Phi) is 4.83. The number of nitrogens with two attached hydrogens (primary N) is 1. The minimum Gasteiger partial charge on any atom is -0.448 e. The molecule has 1 saturated carbocycles. The molecule has 4 rings (SSSR count). The van der Waals surface area contributed by atoms with Gasteiger partial charge >= 0.3 is 5.69 Å². The topological polar surface area (TPSA) is 118 Å². The van der Waals surface area contributed by atoms with E-state index in [0.717, 1.165) is 34.8 Å². The molecular weight excluding hydrogens is 388 g/mol. The monoisotopic (exact) mass is 414 g/mol. The van der Waals surface area contributed by atoms with Crippen molar-refractivity contribution in [2.45, 2.75) is 50.9 Å². The van der Waals surface area contributed by atoms with Crippen LogP contribution in [0.25, 0.3) is 0 Å². The molecule has 0 unspecified atom stereocenters. The summed E-state index contributed by atoms with van der Waals surface area (Å²) in [6, 6.07) is 4.67. The van der Waals surface area contributed by atoms with E-state index in [2.05, 4.69) is 5.32 Å². The van der Waals surface area contributed by atoms with Gasteiger partial charge in [0.2, 0.25) is 0 Å². The maximum Gasteiger partial charge on any atom is 0.332 e. The number of carbonyl (C=O) groups is 1. The summed E-state index contributed by atoms with van der Waals surface area (Å²) in [5.41, 5.74) is 5.06. The zero-order valence-electron chi connectivity index (χ0n) is 17.4. The Morgan fingerprint density at radius 2 is 1.77 bits per heavy atom. The van der Waals surface area contributed by atoms with Gasteiger partial charge in [0.1, 0.15) is 11.4 Å². The largest absolute Gasteiger partial charge is 0.448 e. The lowest BCUT2D eigenvalue weighted by Gasteiger charge is -2.31. The van der Waals surface area contributed by atoms with Crippen molar-refractivity contribution >= 4 is 17.3 Å². The number of hydrogen-bond donors (Lipinski definition) is 2. The molecular formula is C21H26N4O5. The Balaban J connectivity index is 1.56. The van der Waals surface area contributed by atoms with Gasteiger partial charge in [-0.3, -0.25) is 18.7 Å². The first-order chi connectivity index (χ1) is 14.2. The highest BCUT2D eigenvalue weighted by atomic mass is 16.7. The van der Waals surface area contributed by atoms with Crippen LogP contribution in [0, 0.1) is 0 Å². The maximum absolute atomic E-state index is 13.0. The Morgan fingerprint density at radius 3 is 2.47 bits per heavy atom. The fourth-order valence-electron chi connectivity index (χ4n) is 4.10. The van der Waals surface area contributed by atoms with Gasteiger partial charge in [-0.05, 0) is 31.9 Å². The molecule has 30 heavy (non-hydrogen) atoms. The fraction of sp³-hybridized carbons (Fsp3) is 0.476. The van der Waals surface area contributed by atoms with Gasteiger partial charge in [0.15, 0.2) is 17.3 Å². The molecule has 160 valence electrons. The first-order valence-electron chi connectivity index (χ1n) is 10.1. The minimum atomic E-state index is -0.749. The van der Waals surface area contributed by atoms with Crippen LogP contribution < -0.4 is 31.8 Å². The number of aromatic nitrogens is 2. The lowest BCUT2D eigenvalue weighted by Crippen LogP contribution is -2.43. The van der Waals surface area contributed by atoms with Crippen molar-refractivity contribution in [3.8, 4) is 11.5 Å². The zero-order valence-corrected chi connectivity index (χ0v) is 17.4. The van der Waals surface area contributed by atoms with Crippen molar-refractivity contribution in [2.24, 2.45) is 14.1 Å². The maximum atomic E-state index is 13.0. The number of Topliss-reactive ketones (excluding diaryl/α,β-unsaturated/α-hetero) is 1. The standard InChI is InChI=1S/C21H26N4O5/c1-12(17(26)16-18(22)24(2)20(28)25(3)19(16)27)23-13-7-8-14-15(11-13)30-21(29-14)9-5-4-6-10-21/h7-8,11-12,23H,4-6,9-10,22H2,1-3H3/t12-/m1/s1. The number of anilines is 2. The highest BCUT2D eigenvalue weighted by Crippen LogP contribution is 2.46. The van der Waals surface area contributed by atoms with Crippen molar-refractivity contribution in [1.82, 2.24) is 9.13 Å². The summed E-state index contributed by atoms with van der Waals surface area (Å²) >= 11 is 0. The second-order valence-corrected chi connectivity index (χ2v) is 8.03. The molecule has 0 saturated heterocycles. The fourth-order valence-corrected chi connectivity index (χ4v) is 4.10. The van der Waals surface area contributed by atoms with Gasteiger partial charge in [-0.15, -0.1) is 0 Å². The molecule has 9 nitrogen and oxygen atoms in total. The number of fused-ring (bicyclic) bond motifs is 1. The Hall–Kier alpha value is -3.23. The van der Waals surface area contributed by atoms with E-state index in [1.165, 1.54) is 20.5 Å². The molecule has 1 spiro atoms. The number of nitrogens with one attached hydrogen (secondary N) is 1. The van der Waals surface area contributed by atoms with Crippen LogP contribution in [0.4, 0.5) is 11.5 Å². The normalized spacial score (nSPS) is 17.7. The second-order valence-electron chi connectivity index (χ2n) is 8.03. The summed E-state index contributed by atoms with van der Waals surface area (Å²) in [5, 5.41) is 3.09. The van der Waals surface area contributed by atoms with E-state index in [0.29, 0.717) is 17.2 Å². The molecule has 0 amide bonds. The number of ketones is 1. The highest BCUT2D eigenvalue weighted by Gasteiger charge is 2.42. The van der Waals surface area contributed by atoms with Gasteiger partial charge in [-0.25, -0.2) is 4.79 Å². The number of ether oxygens (including phenoxy) is 2. The van der Waals surface area contributed by atoms with Crippen molar-refractivity contribution in [3.63, 3.8) is 0 Å². The zero-order chi connectivity index (χ0) is 21.6. The van der Waals surface area contributed by atoms with Crippen LogP contribution in [0.5, 0.6) is 11.5 Å². The summed E-state index contributed by atoms with van der Waals surface area (Å²) in [4.78, 5) is 37.4. The van der Waals surface area contributed by atoms with E-state index in [-0.39, 0.29) is 11.4 Å². The molecule has 9 heteroatoms. The summed E-state index contributed by atoms with van der Waals surface area (Å²) in [6.07, 6.45) is 5.04. The van der Waals surface area contributed by atoms with Crippen LogP contribution in [0.3, 0.4) is 0 Å². The highest BCUT2D eigenvalue weighted by molar-refractivity contribution is 6.04. The van der Waals surface area contributed by atoms with Gasteiger partial charge in [0, 0.05) is 38.7 Å². The summed E-state index contributed by atoms with van der Waals surface area (Å²) < 4.78 is 14.2. The molecule has 2 aromatic rings. The van der Waals surface area contributed by atoms with Gasteiger partial charge in [0.05, 0.1) is 6.04 Å². The van der Waals surface area contributed by atoms with E-state index in [9.17, 15) is 14.4 Å². The number of carbonyl (C=O) groups excluding carboxylic acids is 1. The SMILES string of the molecule is C[C@@H](Nc1ccc2c(c1)OC1(CCCCC1)O2)C(=O)c1c(N)n(C)c(=O)n(C)c1=O. The number of hydrogen-bond acceptors (Lipinski definition) is 7. The molecule has 1 atom stereocenters. The Bertz CT molecular complexity index is 1130. The lowest BCUT2D eigenvalue weighted by molar-refractivity contribution is -0.105. The molecule has 1 fully saturated rings. The third-order valence-corrected chi connectivity index (χ3v) is 5.88. The number of rotatable bonds is 4. The Labute approximate surface area is 173 Å². The van der Waals surface area contributed by atoms with Crippen LogP contribution in [0.2, 0.25) is 0 Å². The molecule has 0 bridgehead atoms. The summed E-state index contributed by atoms with van der Waals surface area (Å²) in [6.45, 7) is 1.64. The van der Waals surface area contributed by atoms with Crippen LogP contribution in [0.1, 0.15) is 49.4 Å². The average Bonchev–Trinajstić information content (AvgIpc) is 3.07. The average molecular weight is 414 g/mol. The quantitative estimate of drug-likeness (QED) is 0.732. The van der Waals surface area contributed by atoms with Gasteiger partial charge in [0.25, 0.3) is 11.3 Å². The van der Waals surface area contributed by atoms with E-state index < -0.39 is 28.9 Å². The Morgan fingerprint density at radius 1 is 1.10 bits per heavy atom. The van der Waals surface area contributed by atoms with Crippen LogP contribution >= 0.6 is 0 Å². The third kappa shape index (κ3) is 3.24. The van der Waals surface area contributed by atoms with Gasteiger partial charge in [-0.2, -0.15) is 0 Å². The predicted molar refractivity (Wildman–Crippen MR) is 112 cm³/mol. The first-order valence-corrected chi connectivity index (χ1v) is 10.1. The third-order valence-electron chi connectivity index (χ3n) is 5.88. The summed E-state index contributed by atoms with van der Waals surface area (Å²) in [7, 11) is 2.74. The van der Waals surface area contributed by atoms with Crippen molar-refractivity contribution < 1.29 is 14.3 Å². The molecule has 2 heterocycles.